The van der Waals surface area contributed by atoms with Crippen molar-refractivity contribution in [3.63, 3.8) is 0 Å². The lowest BCUT2D eigenvalue weighted by atomic mass is 10.3. The number of rotatable bonds is 2. The normalized spacial score (nSPS) is 17.8. The van der Waals surface area contributed by atoms with Gasteiger partial charge in [-0.15, -0.1) is 11.6 Å². The Kier molecular flexibility index (Phi) is 1.85. The van der Waals surface area contributed by atoms with Gasteiger partial charge in [0, 0.05) is 6.07 Å². The molecular weight excluding hydrogens is 208 g/mol. The minimum Gasteiger partial charge on any atom is -0.477 e. The van der Waals surface area contributed by atoms with E-state index in [-0.39, 0.29) is 11.5 Å². The molecule has 14 heavy (non-hydrogen) atoms. The lowest BCUT2D eigenvalue weighted by Crippen LogP contribution is -2.18. The van der Waals surface area contributed by atoms with Crippen LogP contribution in [0.1, 0.15) is 29.2 Å². The highest BCUT2D eigenvalue weighted by Crippen LogP contribution is 2.50. The van der Waals surface area contributed by atoms with Gasteiger partial charge in [-0.3, -0.25) is 4.79 Å². The first-order chi connectivity index (χ1) is 6.51. The number of aromatic nitrogens is 2. The summed E-state index contributed by atoms with van der Waals surface area (Å²) in [6, 6.07) is 0.939. The van der Waals surface area contributed by atoms with E-state index in [1.54, 1.807) is 0 Å². The van der Waals surface area contributed by atoms with Crippen LogP contribution < -0.4 is 5.56 Å². The van der Waals surface area contributed by atoms with E-state index < -0.39 is 16.4 Å². The minimum absolute atomic E-state index is 0.254. The first-order valence-corrected chi connectivity index (χ1v) is 4.43. The van der Waals surface area contributed by atoms with E-state index in [1.165, 1.54) is 0 Å². The third kappa shape index (κ3) is 1.50. The summed E-state index contributed by atoms with van der Waals surface area (Å²) in [7, 11) is 0. The smallest absolute Gasteiger partial charge is 0.354 e. The molecule has 0 atom stereocenters. The second-order valence-electron chi connectivity index (χ2n) is 3.25. The van der Waals surface area contributed by atoms with Gasteiger partial charge in [-0.2, -0.15) is 0 Å². The maximum atomic E-state index is 11.1. The number of H-pyrrole nitrogens is 1. The highest BCUT2D eigenvalue weighted by Gasteiger charge is 2.45. The van der Waals surface area contributed by atoms with Crippen LogP contribution >= 0.6 is 11.6 Å². The van der Waals surface area contributed by atoms with Gasteiger partial charge < -0.3 is 10.1 Å². The van der Waals surface area contributed by atoms with Crippen LogP contribution in [-0.4, -0.2) is 21.0 Å². The third-order valence-corrected chi connectivity index (χ3v) is 2.63. The molecule has 0 amide bonds. The molecule has 1 aliphatic rings. The zero-order chi connectivity index (χ0) is 10.3. The van der Waals surface area contributed by atoms with Crippen molar-refractivity contribution in [3.8, 4) is 0 Å². The number of aromatic amines is 1. The summed E-state index contributed by atoms with van der Waals surface area (Å²) in [5.74, 6) is -0.970. The molecule has 0 unspecified atom stereocenters. The number of nitrogens with one attached hydrogen (secondary N) is 1. The molecule has 0 aliphatic heterocycles. The van der Waals surface area contributed by atoms with Gasteiger partial charge in [0.1, 0.15) is 10.7 Å². The second-order valence-corrected chi connectivity index (χ2v) is 3.97. The van der Waals surface area contributed by atoms with Gasteiger partial charge in [-0.05, 0) is 12.8 Å². The fourth-order valence-corrected chi connectivity index (χ4v) is 1.31. The number of hydrogen-bond donors (Lipinski definition) is 2. The van der Waals surface area contributed by atoms with Gasteiger partial charge in [0.25, 0.3) is 5.56 Å². The van der Waals surface area contributed by atoms with E-state index in [4.69, 9.17) is 16.7 Å². The summed E-state index contributed by atoms with van der Waals surface area (Å²) >= 11 is 5.99. The molecule has 0 bridgehead atoms. The maximum Gasteiger partial charge on any atom is 0.354 e. The molecule has 0 aromatic carbocycles. The Morgan fingerprint density at radius 3 is 2.79 bits per heavy atom. The number of carboxylic acids is 1. The molecule has 0 saturated heterocycles. The van der Waals surface area contributed by atoms with E-state index in [0.717, 1.165) is 6.07 Å². The fraction of sp³-hybridized carbons (Fsp3) is 0.375. The molecule has 74 valence electrons. The molecule has 1 fully saturated rings. The lowest BCUT2D eigenvalue weighted by molar-refractivity contribution is 0.0689. The van der Waals surface area contributed by atoms with E-state index >= 15 is 0 Å². The molecule has 1 heterocycles. The van der Waals surface area contributed by atoms with Crippen molar-refractivity contribution in [2.24, 2.45) is 0 Å². The van der Waals surface area contributed by atoms with Crippen molar-refractivity contribution in [1.82, 2.24) is 9.97 Å². The number of carbonyl (C=O) groups is 1. The Bertz CT molecular complexity index is 450. The summed E-state index contributed by atoms with van der Waals surface area (Å²) in [5.41, 5.74) is -0.755. The Labute approximate surface area is 83.7 Å². The molecule has 1 aromatic rings. The van der Waals surface area contributed by atoms with Crippen LogP contribution in [0.25, 0.3) is 0 Å². The molecular formula is C8H7ClN2O3. The number of nitrogens with zero attached hydrogens (tertiary/aromatic N) is 1. The van der Waals surface area contributed by atoms with E-state index in [0.29, 0.717) is 12.8 Å². The Balaban J connectivity index is 2.52. The number of halogens is 1. The average Bonchev–Trinajstić information content (AvgIpc) is 2.84. The van der Waals surface area contributed by atoms with Gasteiger partial charge in [-0.1, -0.05) is 0 Å². The minimum atomic E-state index is -1.22. The molecule has 2 rings (SSSR count). The van der Waals surface area contributed by atoms with E-state index in [2.05, 4.69) is 9.97 Å². The van der Waals surface area contributed by atoms with E-state index in [9.17, 15) is 9.59 Å². The molecule has 6 heteroatoms. The maximum absolute atomic E-state index is 11.1. The molecule has 2 N–H and O–H groups in total. The first-order valence-electron chi connectivity index (χ1n) is 4.05. The van der Waals surface area contributed by atoms with Crippen molar-refractivity contribution in [2.45, 2.75) is 17.7 Å². The topological polar surface area (TPSA) is 83.0 Å². The van der Waals surface area contributed by atoms with Crippen molar-refractivity contribution in [3.05, 3.63) is 27.9 Å². The quantitative estimate of drug-likeness (QED) is 0.710. The zero-order valence-corrected chi connectivity index (χ0v) is 7.84. The molecule has 1 saturated carbocycles. The lowest BCUT2D eigenvalue weighted by Gasteiger charge is -2.04. The third-order valence-electron chi connectivity index (χ3n) is 2.07. The molecule has 0 spiro atoms. The van der Waals surface area contributed by atoms with Crippen LogP contribution in [0.2, 0.25) is 0 Å². The molecule has 1 aliphatic carbocycles. The van der Waals surface area contributed by atoms with Crippen molar-refractivity contribution in [1.29, 1.82) is 0 Å². The summed E-state index contributed by atoms with van der Waals surface area (Å²) in [6.07, 6.45) is 1.42. The predicted octanol–water partition coefficient (Wildman–Crippen LogP) is 0.696. The van der Waals surface area contributed by atoms with Crippen molar-refractivity contribution < 1.29 is 9.90 Å². The number of carboxylic acid groups (broad SMARTS) is 1. The largest absolute Gasteiger partial charge is 0.477 e. The SMILES string of the molecule is O=C(O)c1cc(=O)[nH]c(C2(Cl)CC2)n1. The van der Waals surface area contributed by atoms with Crippen LogP contribution in [0.3, 0.4) is 0 Å². The molecule has 0 radical (unpaired) electrons. The van der Waals surface area contributed by atoms with Gasteiger partial charge in [0.2, 0.25) is 0 Å². The van der Waals surface area contributed by atoms with Gasteiger partial charge in [-0.25, -0.2) is 9.78 Å². The molecule has 1 aromatic heterocycles. The fourth-order valence-electron chi connectivity index (χ4n) is 1.13. The highest BCUT2D eigenvalue weighted by molar-refractivity contribution is 6.25. The summed E-state index contributed by atoms with van der Waals surface area (Å²) in [4.78, 5) is 27.2. The summed E-state index contributed by atoms with van der Waals surface area (Å²) < 4.78 is 0. The number of hydrogen-bond acceptors (Lipinski definition) is 3. The monoisotopic (exact) mass is 214 g/mol. The van der Waals surface area contributed by atoms with Gasteiger partial charge >= 0.3 is 5.97 Å². The summed E-state index contributed by atoms with van der Waals surface area (Å²) in [6.45, 7) is 0. The van der Waals surface area contributed by atoms with Crippen LogP contribution in [0.15, 0.2) is 10.9 Å². The standard InChI is InChI=1S/C8H7ClN2O3/c9-8(1-2-8)7-10-4(6(13)14)3-5(12)11-7/h3H,1-2H2,(H,13,14)(H,10,11,12). The Hall–Kier alpha value is -1.36. The zero-order valence-electron chi connectivity index (χ0n) is 7.08. The van der Waals surface area contributed by atoms with Crippen LogP contribution in [0.5, 0.6) is 0 Å². The number of aromatic carboxylic acids is 1. The van der Waals surface area contributed by atoms with Crippen LogP contribution in [-0.2, 0) is 4.87 Å². The first kappa shape index (κ1) is 9.21. The van der Waals surface area contributed by atoms with Crippen molar-refractivity contribution in [2.75, 3.05) is 0 Å². The second kappa shape index (κ2) is 2.81. The van der Waals surface area contributed by atoms with E-state index in [1.807, 2.05) is 0 Å². The molecule has 5 nitrogen and oxygen atoms in total. The van der Waals surface area contributed by atoms with Crippen molar-refractivity contribution >= 4 is 17.6 Å². The van der Waals surface area contributed by atoms with Crippen LogP contribution in [0.4, 0.5) is 0 Å². The van der Waals surface area contributed by atoms with Gasteiger partial charge in [0.15, 0.2) is 5.69 Å². The highest BCUT2D eigenvalue weighted by atomic mass is 35.5. The average molecular weight is 215 g/mol. The Morgan fingerprint density at radius 1 is 1.64 bits per heavy atom. The van der Waals surface area contributed by atoms with Gasteiger partial charge in [0.05, 0.1) is 0 Å². The predicted molar refractivity (Wildman–Crippen MR) is 48.6 cm³/mol. The summed E-state index contributed by atoms with van der Waals surface area (Å²) in [5, 5.41) is 8.66. The van der Waals surface area contributed by atoms with Crippen LogP contribution in [0, 0.1) is 0 Å². The number of alkyl halides is 1. The Morgan fingerprint density at radius 2 is 2.29 bits per heavy atom.